The molecule has 0 bridgehead atoms. The predicted molar refractivity (Wildman–Crippen MR) is 73.7 cm³/mol. The first-order valence-corrected chi connectivity index (χ1v) is 6.16. The van der Waals surface area contributed by atoms with E-state index in [1.54, 1.807) is 18.2 Å². The SMILES string of the molecule is NC(=O)CNC(=O)CNC(=O)c1ccccc1I. The summed E-state index contributed by atoms with van der Waals surface area (Å²) in [5.41, 5.74) is 5.37. The zero-order valence-electron chi connectivity index (χ0n) is 9.40. The van der Waals surface area contributed by atoms with Gasteiger partial charge in [-0.15, -0.1) is 0 Å². The Labute approximate surface area is 117 Å². The van der Waals surface area contributed by atoms with Crippen LogP contribution in [0, 0.1) is 3.57 Å². The molecular weight excluding hydrogens is 349 g/mol. The number of carbonyl (C=O) groups is 3. The van der Waals surface area contributed by atoms with Gasteiger partial charge in [-0.25, -0.2) is 0 Å². The first kappa shape index (κ1) is 14.4. The van der Waals surface area contributed by atoms with E-state index in [0.717, 1.165) is 3.57 Å². The molecule has 0 aliphatic rings. The predicted octanol–water partition coefficient (Wildman–Crippen LogP) is -0.378. The van der Waals surface area contributed by atoms with Crippen molar-refractivity contribution in [3.8, 4) is 0 Å². The summed E-state index contributed by atoms with van der Waals surface area (Å²) in [7, 11) is 0. The van der Waals surface area contributed by atoms with Crippen molar-refractivity contribution in [3.63, 3.8) is 0 Å². The molecule has 0 saturated carbocycles. The highest BCUT2D eigenvalue weighted by molar-refractivity contribution is 14.1. The van der Waals surface area contributed by atoms with Crippen LogP contribution in [0.5, 0.6) is 0 Å². The average Bonchev–Trinajstić information content (AvgIpc) is 2.34. The van der Waals surface area contributed by atoms with E-state index in [1.165, 1.54) is 0 Å². The number of hydrogen-bond donors (Lipinski definition) is 3. The molecule has 0 unspecified atom stereocenters. The molecule has 96 valence electrons. The van der Waals surface area contributed by atoms with Gasteiger partial charge in [0, 0.05) is 3.57 Å². The van der Waals surface area contributed by atoms with Crippen molar-refractivity contribution in [2.45, 2.75) is 0 Å². The van der Waals surface area contributed by atoms with Gasteiger partial charge in [0.2, 0.25) is 11.8 Å². The molecule has 0 spiro atoms. The van der Waals surface area contributed by atoms with Crippen LogP contribution in [0.2, 0.25) is 0 Å². The second-order valence-electron chi connectivity index (χ2n) is 3.41. The molecular formula is C11H12IN3O3. The summed E-state index contributed by atoms with van der Waals surface area (Å²) in [5.74, 6) is -1.44. The number of halogens is 1. The maximum atomic E-state index is 11.7. The highest BCUT2D eigenvalue weighted by Gasteiger charge is 2.10. The van der Waals surface area contributed by atoms with E-state index in [-0.39, 0.29) is 19.0 Å². The lowest BCUT2D eigenvalue weighted by molar-refractivity contribution is -0.124. The zero-order chi connectivity index (χ0) is 13.5. The molecule has 18 heavy (non-hydrogen) atoms. The summed E-state index contributed by atoms with van der Waals surface area (Å²) in [6, 6.07) is 7.02. The molecule has 0 saturated heterocycles. The van der Waals surface area contributed by atoms with Gasteiger partial charge in [-0.2, -0.15) is 0 Å². The molecule has 3 amide bonds. The Morgan fingerprint density at radius 1 is 1.11 bits per heavy atom. The van der Waals surface area contributed by atoms with E-state index in [0.29, 0.717) is 5.56 Å². The van der Waals surface area contributed by atoms with Gasteiger partial charge in [-0.1, -0.05) is 12.1 Å². The van der Waals surface area contributed by atoms with Gasteiger partial charge in [-0.05, 0) is 34.7 Å². The fraction of sp³-hybridized carbons (Fsp3) is 0.182. The topological polar surface area (TPSA) is 101 Å². The van der Waals surface area contributed by atoms with Crippen LogP contribution < -0.4 is 16.4 Å². The van der Waals surface area contributed by atoms with E-state index in [1.807, 2.05) is 28.7 Å². The first-order valence-electron chi connectivity index (χ1n) is 5.08. The number of amides is 3. The summed E-state index contributed by atoms with van der Waals surface area (Å²) < 4.78 is 0.796. The average molecular weight is 361 g/mol. The molecule has 0 heterocycles. The van der Waals surface area contributed by atoms with Crippen molar-refractivity contribution in [3.05, 3.63) is 33.4 Å². The highest BCUT2D eigenvalue weighted by atomic mass is 127. The number of rotatable bonds is 5. The summed E-state index contributed by atoms with van der Waals surface area (Å²) in [5, 5.41) is 4.73. The molecule has 0 aliphatic heterocycles. The maximum Gasteiger partial charge on any atom is 0.252 e. The smallest absolute Gasteiger partial charge is 0.252 e. The molecule has 0 fully saturated rings. The number of nitrogens with one attached hydrogen (secondary N) is 2. The van der Waals surface area contributed by atoms with Gasteiger partial charge in [0.15, 0.2) is 0 Å². The van der Waals surface area contributed by atoms with Crippen LogP contribution in [0.25, 0.3) is 0 Å². The largest absolute Gasteiger partial charge is 0.368 e. The number of carbonyl (C=O) groups excluding carboxylic acids is 3. The number of primary amides is 1. The third-order valence-electron chi connectivity index (χ3n) is 1.99. The fourth-order valence-corrected chi connectivity index (χ4v) is 1.78. The minimum atomic E-state index is -0.632. The Kier molecular flexibility index (Phi) is 5.56. The van der Waals surface area contributed by atoms with Gasteiger partial charge in [0.1, 0.15) is 0 Å². The van der Waals surface area contributed by atoms with Crippen molar-refractivity contribution < 1.29 is 14.4 Å². The molecule has 1 aromatic rings. The molecule has 4 N–H and O–H groups in total. The molecule has 1 aromatic carbocycles. The molecule has 0 radical (unpaired) electrons. The maximum absolute atomic E-state index is 11.7. The Hall–Kier alpha value is -1.64. The minimum Gasteiger partial charge on any atom is -0.368 e. The summed E-state index contributed by atoms with van der Waals surface area (Å²) in [4.78, 5) is 33.4. The lowest BCUT2D eigenvalue weighted by Gasteiger charge is -2.06. The minimum absolute atomic E-state index is 0.197. The van der Waals surface area contributed by atoms with Crippen LogP contribution in [-0.4, -0.2) is 30.8 Å². The zero-order valence-corrected chi connectivity index (χ0v) is 11.6. The van der Waals surface area contributed by atoms with Gasteiger partial charge in [0.05, 0.1) is 18.7 Å². The Morgan fingerprint density at radius 2 is 1.78 bits per heavy atom. The molecule has 0 atom stereocenters. The normalized spacial score (nSPS) is 9.61. The van der Waals surface area contributed by atoms with E-state index >= 15 is 0 Å². The van der Waals surface area contributed by atoms with Crippen LogP contribution in [0.15, 0.2) is 24.3 Å². The van der Waals surface area contributed by atoms with E-state index in [9.17, 15) is 14.4 Å². The highest BCUT2D eigenvalue weighted by Crippen LogP contribution is 2.10. The molecule has 0 aromatic heterocycles. The monoisotopic (exact) mass is 361 g/mol. The standard InChI is InChI=1S/C11H12IN3O3/c12-8-4-2-1-3-7(8)11(18)15-6-10(17)14-5-9(13)16/h1-4H,5-6H2,(H2,13,16)(H,14,17)(H,15,18). The fourth-order valence-electron chi connectivity index (χ4n) is 1.15. The third kappa shape index (κ3) is 4.70. The molecule has 0 aliphatic carbocycles. The molecule has 6 nitrogen and oxygen atoms in total. The third-order valence-corrected chi connectivity index (χ3v) is 2.93. The lowest BCUT2D eigenvalue weighted by Crippen LogP contribution is -2.40. The second-order valence-corrected chi connectivity index (χ2v) is 4.57. The molecule has 7 heteroatoms. The van der Waals surface area contributed by atoms with Gasteiger partial charge >= 0.3 is 0 Å². The van der Waals surface area contributed by atoms with Crippen LogP contribution >= 0.6 is 22.6 Å². The van der Waals surface area contributed by atoms with Crippen molar-refractivity contribution >= 4 is 40.3 Å². The number of benzene rings is 1. The molecule has 1 rings (SSSR count). The van der Waals surface area contributed by atoms with Gasteiger partial charge in [-0.3, -0.25) is 14.4 Å². The summed E-state index contributed by atoms with van der Waals surface area (Å²) >= 11 is 2.04. The number of nitrogens with two attached hydrogens (primary N) is 1. The van der Waals surface area contributed by atoms with E-state index in [2.05, 4.69) is 10.6 Å². The van der Waals surface area contributed by atoms with Crippen LogP contribution in [-0.2, 0) is 9.59 Å². The van der Waals surface area contributed by atoms with Crippen LogP contribution in [0.1, 0.15) is 10.4 Å². The Morgan fingerprint density at radius 3 is 2.39 bits per heavy atom. The van der Waals surface area contributed by atoms with Crippen LogP contribution in [0.3, 0.4) is 0 Å². The van der Waals surface area contributed by atoms with Crippen molar-refractivity contribution in [2.24, 2.45) is 5.73 Å². The Balaban J connectivity index is 2.45. The van der Waals surface area contributed by atoms with E-state index in [4.69, 9.17) is 5.73 Å². The van der Waals surface area contributed by atoms with E-state index < -0.39 is 11.8 Å². The van der Waals surface area contributed by atoms with Crippen LogP contribution in [0.4, 0.5) is 0 Å². The van der Waals surface area contributed by atoms with Gasteiger partial charge in [0.25, 0.3) is 5.91 Å². The first-order chi connectivity index (χ1) is 8.50. The second kappa shape index (κ2) is 6.94. The summed E-state index contributed by atoms with van der Waals surface area (Å²) in [6.45, 7) is -0.436. The summed E-state index contributed by atoms with van der Waals surface area (Å²) in [6.07, 6.45) is 0. The lowest BCUT2D eigenvalue weighted by atomic mass is 10.2. The Bertz CT molecular complexity index is 476. The quantitative estimate of drug-likeness (QED) is 0.624. The van der Waals surface area contributed by atoms with Crippen molar-refractivity contribution in [1.29, 1.82) is 0 Å². The van der Waals surface area contributed by atoms with Crippen molar-refractivity contribution in [2.75, 3.05) is 13.1 Å². The van der Waals surface area contributed by atoms with Crippen molar-refractivity contribution in [1.82, 2.24) is 10.6 Å². The number of hydrogen-bond acceptors (Lipinski definition) is 3. The van der Waals surface area contributed by atoms with Gasteiger partial charge < -0.3 is 16.4 Å².